The Labute approximate surface area is 129 Å². The monoisotopic (exact) mass is 320 g/mol. The lowest BCUT2D eigenvalue weighted by molar-refractivity contribution is -0.137. The van der Waals surface area contributed by atoms with Crippen LogP contribution in [-0.2, 0) is 12.7 Å². The Balaban J connectivity index is 1.73. The molecule has 6 nitrogen and oxygen atoms in total. The van der Waals surface area contributed by atoms with Crippen molar-refractivity contribution >= 4 is 5.82 Å². The molecule has 0 atom stereocenters. The van der Waals surface area contributed by atoms with Gasteiger partial charge in [0.1, 0.15) is 24.8 Å². The summed E-state index contributed by atoms with van der Waals surface area (Å²) in [6.45, 7) is 0.206. The maximum absolute atomic E-state index is 12.7. The van der Waals surface area contributed by atoms with E-state index in [0.717, 1.165) is 12.1 Å². The van der Waals surface area contributed by atoms with Crippen LogP contribution in [0.25, 0.3) is 5.82 Å². The predicted octanol–water partition coefficient (Wildman–Crippen LogP) is 2.69. The highest BCUT2D eigenvalue weighted by atomic mass is 19.4. The van der Waals surface area contributed by atoms with Crippen LogP contribution in [-0.4, -0.2) is 24.7 Å². The highest BCUT2D eigenvalue weighted by Crippen LogP contribution is 2.29. The van der Waals surface area contributed by atoms with E-state index in [2.05, 4.69) is 25.4 Å². The summed E-state index contributed by atoms with van der Waals surface area (Å²) in [5, 5.41) is 6.91. The van der Waals surface area contributed by atoms with E-state index in [1.165, 1.54) is 29.7 Å². The van der Waals surface area contributed by atoms with Crippen molar-refractivity contribution in [2.24, 2.45) is 0 Å². The highest BCUT2D eigenvalue weighted by molar-refractivity contribution is 5.41. The molecule has 9 heteroatoms. The number of aromatic nitrogens is 5. The molecule has 0 saturated heterocycles. The topological polar surface area (TPSA) is 68.5 Å². The van der Waals surface area contributed by atoms with Crippen LogP contribution in [0.2, 0.25) is 0 Å². The first-order valence-electron chi connectivity index (χ1n) is 6.59. The Morgan fingerprint density at radius 2 is 1.96 bits per heavy atom. The number of nitrogens with one attached hydrogen (secondary N) is 1. The van der Waals surface area contributed by atoms with Gasteiger partial charge in [-0.1, -0.05) is 12.1 Å². The van der Waals surface area contributed by atoms with Gasteiger partial charge in [-0.15, -0.1) is 0 Å². The van der Waals surface area contributed by atoms with E-state index in [0.29, 0.717) is 17.2 Å². The van der Waals surface area contributed by atoms with Crippen molar-refractivity contribution < 1.29 is 13.2 Å². The van der Waals surface area contributed by atoms with Crippen molar-refractivity contribution in [2.75, 3.05) is 5.32 Å². The van der Waals surface area contributed by atoms with Gasteiger partial charge in [0.05, 0.1) is 5.56 Å². The fraction of sp³-hybridized carbons (Fsp3) is 0.143. The Bertz CT molecular complexity index is 785. The summed E-state index contributed by atoms with van der Waals surface area (Å²) in [5.41, 5.74) is -0.177. The van der Waals surface area contributed by atoms with Gasteiger partial charge in [-0.3, -0.25) is 0 Å². The summed E-state index contributed by atoms with van der Waals surface area (Å²) in [6.07, 6.45) is -0.159. The molecule has 3 aromatic rings. The third-order valence-corrected chi connectivity index (χ3v) is 3.03. The Morgan fingerprint density at radius 3 is 2.70 bits per heavy atom. The van der Waals surface area contributed by atoms with Crippen LogP contribution in [0, 0.1) is 0 Å². The first-order chi connectivity index (χ1) is 11.0. The summed E-state index contributed by atoms with van der Waals surface area (Å²) < 4.78 is 39.5. The minimum Gasteiger partial charge on any atom is -0.366 e. The van der Waals surface area contributed by atoms with Crippen molar-refractivity contribution in [3.05, 3.63) is 60.4 Å². The number of hydrogen-bond acceptors (Lipinski definition) is 5. The van der Waals surface area contributed by atoms with Crippen LogP contribution >= 0.6 is 0 Å². The minimum atomic E-state index is -4.36. The van der Waals surface area contributed by atoms with Gasteiger partial charge in [-0.25, -0.2) is 19.6 Å². The van der Waals surface area contributed by atoms with E-state index in [9.17, 15) is 13.2 Å². The quantitative estimate of drug-likeness (QED) is 0.800. The van der Waals surface area contributed by atoms with Gasteiger partial charge in [0.2, 0.25) is 0 Å². The van der Waals surface area contributed by atoms with Crippen LogP contribution in [0.15, 0.2) is 49.3 Å². The Kier molecular flexibility index (Phi) is 3.92. The van der Waals surface area contributed by atoms with Gasteiger partial charge >= 0.3 is 6.18 Å². The zero-order chi connectivity index (χ0) is 16.3. The van der Waals surface area contributed by atoms with Crippen LogP contribution in [0.3, 0.4) is 0 Å². The molecule has 0 unspecified atom stereocenters. The second-order valence-electron chi connectivity index (χ2n) is 4.65. The molecule has 0 bridgehead atoms. The Hall–Kier alpha value is -2.97. The summed E-state index contributed by atoms with van der Waals surface area (Å²) >= 11 is 0. The molecule has 1 aromatic carbocycles. The maximum Gasteiger partial charge on any atom is 0.416 e. The van der Waals surface area contributed by atoms with Gasteiger partial charge in [0.15, 0.2) is 5.82 Å². The molecule has 0 fully saturated rings. The SMILES string of the molecule is FC(F)(F)c1cccc(CNc2cc(-n3cncn3)ncn2)c1. The van der Waals surface area contributed by atoms with E-state index in [-0.39, 0.29) is 6.54 Å². The van der Waals surface area contributed by atoms with Crippen molar-refractivity contribution in [2.45, 2.75) is 12.7 Å². The number of anilines is 1. The minimum absolute atomic E-state index is 0.206. The molecule has 0 saturated carbocycles. The van der Waals surface area contributed by atoms with Gasteiger partial charge in [0.25, 0.3) is 0 Å². The molecule has 0 radical (unpaired) electrons. The van der Waals surface area contributed by atoms with Crippen LogP contribution in [0.1, 0.15) is 11.1 Å². The number of benzene rings is 1. The average Bonchev–Trinajstić information content (AvgIpc) is 3.07. The first kappa shape index (κ1) is 14.9. The third-order valence-electron chi connectivity index (χ3n) is 3.03. The standard InChI is InChI=1S/C14H11F3N6/c15-14(16,17)11-3-1-2-10(4-11)6-19-12-5-13(21-8-20-12)23-9-18-7-22-23/h1-5,7-9H,6H2,(H,19,20,21). The zero-order valence-corrected chi connectivity index (χ0v) is 11.7. The molecule has 0 amide bonds. The summed E-state index contributed by atoms with van der Waals surface area (Å²) in [7, 11) is 0. The van der Waals surface area contributed by atoms with Crippen LogP contribution in [0.5, 0.6) is 0 Å². The van der Waals surface area contributed by atoms with Crippen LogP contribution < -0.4 is 5.32 Å². The lowest BCUT2D eigenvalue weighted by Crippen LogP contribution is -2.08. The van der Waals surface area contributed by atoms with E-state index in [4.69, 9.17) is 0 Å². The molecule has 3 rings (SSSR count). The molecule has 1 N–H and O–H groups in total. The molecule has 2 heterocycles. The van der Waals surface area contributed by atoms with E-state index in [1.807, 2.05) is 0 Å². The van der Waals surface area contributed by atoms with E-state index < -0.39 is 11.7 Å². The molecule has 0 aliphatic carbocycles. The zero-order valence-electron chi connectivity index (χ0n) is 11.7. The third kappa shape index (κ3) is 3.62. The summed E-state index contributed by atoms with van der Waals surface area (Å²) in [5.74, 6) is 0.979. The smallest absolute Gasteiger partial charge is 0.366 e. The molecular formula is C14H11F3N6. The molecular weight excluding hydrogens is 309 g/mol. The molecule has 2 aromatic heterocycles. The highest BCUT2D eigenvalue weighted by Gasteiger charge is 2.30. The predicted molar refractivity (Wildman–Crippen MR) is 75.7 cm³/mol. The largest absolute Gasteiger partial charge is 0.416 e. The first-order valence-corrected chi connectivity index (χ1v) is 6.59. The number of rotatable bonds is 4. The second kappa shape index (κ2) is 6.03. The normalized spacial score (nSPS) is 11.4. The number of nitrogens with zero attached hydrogens (tertiary/aromatic N) is 5. The maximum atomic E-state index is 12.7. The van der Waals surface area contributed by atoms with Gasteiger partial charge in [0, 0.05) is 12.6 Å². The van der Waals surface area contributed by atoms with Crippen molar-refractivity contribution in [3.8, 4) is 5.82 Å². The Morgan fingerprint density at radius 1 is 1.09 bits per heavy atom. The average molecular weight is 320 g/mol. The fourth-order valence-electron chi connectivity index (χ4n) is 1.95. The summed E-state index contributed by atoms with van der Waals surface area (Å²) in [6, 6.07) is 6.76. The molecule has 118 valence electrons. The van der Waals surface area contributed by atoms with Gasteiger partial charge < -0.3 is 5.32 Å². The number of halogens is 3. The second-order valence-corrected chi connectivity index (χ2v) is 4.65. The lowest BCUT2D eigenvalue weighted by atomic mass is 10.1. The van der Waals surface area contributed by atoms with Crippen molar-refractivity contribution in [1.29, 1.82) is 0 Å². The van der Waals surface area contributed by atoms with Crippen molar-refractivity contribution in [3.63, 3.8) is 0 Å². The number of hydrogen-bond donors (Lipinski definition) is 1. The molecule has 0 spiro atoms. The fourth-order valence-corrected chi connectivity index (χ4v) is 1.95. The van der Waals surface area contributed by atoms with E-state index >= 15 is 0 Å². The van der Waals surface area contributed by atoms with Gasteiger partial charge in [-0.05, 0) is 17.7 Å². The summed E-state index contributed by atoms with van der Waals surface area (Å²) in [4.78, 5) is 11.9. The number of alkyl halides is 3. The molecule has 23 heavy (non-hydrogen) atoms. The molecule has 0 aliphatic heterocycles. The van der Waals surface area contributed by atoms with Crippen molar-refractivity contribution in [1.82, 2.24) is 24.7 Å². The van der Waals surface area contributed by atoms with Gasteiger partial charge in [-0.2, -0.15) is 18.3 Å². The molecule has 0 aliphatic rings. The lowest BCUT2D eigenvalue weighted by Gasteiger charge is -2.10. The van der Waals surface area contributed by atoms with E-state index in [1.54, 1.807) is 12.1 Å². The van der Waals surface area contributed by atoms with Crippen LogP contribution in [0.4, 0.5) is 19.0 Å².